The summed E-state index contributed by atoms with van der Waals surface area (Å²) in [6, 6.07) is 5.40. The summed E-state index contributed by atoms with van der Waals surface area (Å²) in [6.07, 6.45) is 3.58. The Morgan fingerprint density at radius 3 is 2.88 bits per heavy atom. The smallest absolute Gasteiger partial charge is 0.239 e. The summed E-state index contributed by atoms with van der Waals surface area (Å²) in [5.74, 6) is 0. The number of carbonyl (C=O) groups excluding carboxylic acids is 1. The van der Waals surface area contributed by atoms with Gasteiger partial charge in [0.25, 0.3) is 0 Å². The Kier molecular flexibility index (Phi) is 6.37. The molecule has 1 atom stereocenters. The van der Waals surface area contributed by atoms with E-state index in [2.05, 4.69) is 10.3 Å². The molecule has 1 heterocycles. The zero-order valence-corrected chi connectivity index (χ0v) is 13.5. The van der Waals surface area contributed by atoms with Crippen molar-refractivity contribution in [2.45, 2.75) is 38.8 Å². The van der Waals surface area contributed by atoms with Gasteiger partial charge in [-0.2, -0.15) is 0 Å². The number of aldehydes is 1. The molecule has 0 radical (unpaired) electrons. The molecule has 1 unspecified atom stereocenters. The molecule has 0 saturated heterocycles. The fourth-order valence-corrected chi connectivity index (χ4v) is 2.53. The second kappa shape index (κ2) is 8.49. The van der Waals surface area contributed by atoms with E-state index in [1.54, 1.807) is 12.3 Å². The van der Waals surface area contributed by atoms with Crippen molar-refractivity contribution in [2.75, 3.05) is 0 Å². The van der Waals surface area contributed by atoms with E-state index in [1.165, 1.54) is 6.20 Å². The highest BCUT2D eigenvalue weighted by Gasteiger charge is 2.15. The van der Waals surface area contributed by atoms with Crippen LogP contribution in [-0.4, -0.2) is 24.5 Å². The van der Waals surface area contributed by atoms with Gasteiger partial charge in [-0.15, -0.1) is 0 Å². The Morgan fingerprint density at radius 2 is 2.21 bits per heavy atom. The molecule has 2 rings (SSSR count). The molecule has 0 bridgehead atoms. The molecule has 1 aromatic rings. The summed E-state index contributed by atoms with van der Waals surface area (Å²) in [6.45, 7) is 2.46. The zero-order chi connectivity index (χ0) is 17.5. The van der Waals surface area contributed by atoms with Crippen LogP contribution in [-0.2, 0) is 17.8 Å². The van der Waals surface area contributed by atoms with Gasteiger partial charge in [-0.1, -0.05) is 18.2 Å². The summed E-state index contributed by atoms with van der Waals surface area (Å²) >= 11 is 0. The average molecular weight is 333 g/mol. The summed E-state index contributed by atoms with van der Waals surface area (Å²) in [5, 5.41) is 3.13. The van der Waals surface area contributed by atoms with E-state index >= 15 is 0 Å². The number of halogens is 2. The highest BCUT2D eigenvalue weighted by molar-refractivity contribution is 6.37. The van der Waals surface area contributed by atoms with Crippen molar-refractivity contribution in [1.82, 2.24) is 5.32 Å². The van der Waals surface area contributed by atoms with Crippen molar-refractivity contribution >= 4 is 12.0 Å². The lowest BCUT2D eigenvalue weighted by atomic mass is 10.0. The first-order valence-electron chi connectivity index (χ1n) is 7.77. The molecule has 0 aliphatic carbocycles. The van der Waals surface area contributed by atoms with Gasteiger partial charge < -0.3 is 11.1 Å². The van der Waals surface area contributed by atoms with Gasteiger partial charge in [-0.25, -0.2) is 8.78 Å². The molecule has 24 heavy (non-hydrogen) atoms. The third-order valence-corrected chi connectivity index (χ3v) is 3.88. The van der Waals surface area contributed by atoms with Crippen LogP contribution >= 0.6 is 0 Å². The quantitative estimate of drug-likeness (QED) is 0.754. The number of benzene rings is 1. The highest BCUT2D eigenvalue weighted by atomic mass is 19.3. The molecule has 1 aliphatic rings. The largest absolute Gasteiger partial charge is 0.386 e. The topological polar surface area (TPSA) is 67.5 Å². The van der Waals surface area contributed by atoms with Gasteiger partial charge in [0.15, 0.2) is 6.29 Å². The molecule has 4 nitrogen and oxygen atoms in total. The van der Waals surface area contributed by atoms with E-state index in [-0.39, 0.29) is 12.5 Å². The lowest BCUT2D eigenvalue weighted by Crippen LogP contribution is -2.29. The number of aliphatic imine (C=N–C) groups is 1. The van der Waals surface area contributed by atoms with Crippen molar-refractivity contribution in [3.05, 3.63) is 58.9 Å². The Bertz CT molecular complexity index is 681. The predicted molar refractivity (Wildman–Crippen MR) is 91.0 cm³/mol. The molecular weight excluding hydrogens is 312 g/mol. The maximum Gasteiger partial charge on any atom is 0.239 e. The van der Waals surface area contributed by atoms with Gasteiger partial charge in [0.1, 0.15) is 5.71 Å². The number of carbonyl (C=O) groups is 1. The van der Waals surface area contributed by atoms with Crippen molar-refractivity contribution in [3.8, 4) is 0 Å². The SMILES string of the molecule is Cc1cc(CN/C=C2/C(C=O)=NC=CC2N)ccc1CCC(F)F. The minimum absolute atomic E-state index is 0.121. The summed E-state index contributed by atoms with van der Waals surface area (Å²) in [7, 11) is 0. The third kappa shape index (κ3) is 4.83. The van der Waals surface area contributed by atoms with E-state index in [0.717, 1.165) is 16.7 Å². The normalized spacial score (nSPS) is 18.8. The van der Waals surface area contributed by atoms with Crippen molar-refractivity contribution in [3.63, 3.8) is 0 Å². The maximum absolute atomic E-state index is 12.3. The fraction of sp³-hybridized carbons (Fsp3) is 0.333. The van der Waals surface area contributed by atoms with E-state index in [1.807, 2.05) is 25.1 Å². The summed E-state index contributed by atoms with van der Waals surface area (Å²) in [4.78, 5) is 15.0. The molecule has 0 saturated carbocycles. The minimum atomic E-state index is -2.28. The van der Waals surface area contributed by atoms with Crippen LogP contribution < -0.4 is 11.1 Å². The van der Waals surface area contributed by atoms with Crippen LogP contribution in [0.2, 0.25) is 0 Å². The van der Waals surface area contributed by atoms with Gasteiger partial charge in [-0.05, 0) is 36.1 Å². The lowest BCUT2D eigenvalue weighted by molar-refractivity contribution is -0.102. The summed E-state index contributed by atoms with van der Waals surface area (Å²) in [5.41, 5.74) is 9.84. The Morgan fingerprint density at radius 1 is 1.42 bits per heavy atom. The van der Waals surface area contributed by atoms with Crippen LogP contribution in [0.4, 0.5) is 8.78 Å². The van der Waals surface area contributed by atoms with Crippen molar-refractivity contribution < 1.29 is 13.6 Å². The first-order valence-corrected chi connectivity index (χ1v) is 7.77. The number of hydrogen-bond acceptors (Lipinski definition) is 4. The van der Waals surface area contributed by atoms with Crippen LogP contribution in [0, 0.1) is 6.92 Å². The van der Waals surface area contributed by atoms with Crippen LogP contribution in [0.3, 0.4) is 0 Å². The molecule has 1 aliphatic heterocycles. The third-order valence-electron chi connectivity index (χ3n) is 3.88. The Balaban J connectivity index is 1.98. The molecule has 3 N–H and O–H groups in total. The van der Waals surface area contributed by atoms with Gasteiger partial charge >= 0.3 is 0 Å². The molecular formula is C18H21F2N3O. The second-order valence-corrected chi connectivity index (χ2v) is 5.67. The van der Waals surface area contributed by atoms with Crippen LogP contribution in [0.1, 0.15) is 23.1 Å². The van der Waals surface area contributed by atoms with E-state index in [0.29, 0.717) is 30.5 Å². The van der Waals surface area contributed by atoms with Crippen LogP contribution in [0.25, 0.3) is 0 Å². The van der Waals surface area contributed by atoms with Crippen LogP contribution in [0.5, 0.6) is 0 Å². The second-order valence-electron chi connectivity index (χ2n) is 5.67. The first-order chi connectivity index (χ1) is 11.5. The molecule has 0 aromatic heterocycles. The van der Waals surface area contributed by atoms with Gasteiger partial charge in [0.2, 0.25) is 6.43 Å². The number of aryl methyl sites for hydroxylation is 2. The van der Waals surface area contributed by atoms with Gasteiger partial charge in [0, 0.05) is 30.9 Å². The number of hydrogen-bond donors (Lipinski definition) is 2. The molecule has 0 fully saturated rings. The number of nitrogens with zero attached hydrogens (tertiary/aromatic N) is 1. The van der Waals surface area contributed by atoms with E-state index < -0.39 is 6.43 Å². The fourth-order valence-electron chi connectivity index (χ4n) is 2.53. The number of nitrogens with one attached hydrogen (secondary N) is 1. The number of rotatable bonds is 7. The number of alkyl halides is 2. The predicted octanol–water partition coefficient (Wildman–Crippen LogP) is 2.66. The minimum Gasteiger partial charge on any atom is -0.386 e. The standard InChI is InChI=1S/C18H21F2N3O/c1-12-8-13(2-3-14(12)4-5-18(19)20)9-22-10-15-16(21)6-7-23-17(15)11-24/h2-3,6-8,10-11,16,18,22H,4-5,9,21H2,1H3/b15-10+. The zero-order valence-electron chi connectivity index (χ0n) is 13.5. The Labute approximate surface area is 140 Å². The van der Waals surface area contributed by atoms with Crippen LogP contribution in [0.15, 0.2) is 47.2 Å². The summed E-state index contributed by atoms with van der Waals surface area (Å²) < 4.78 is 24.6. The molecule has 1 aromatic carbocycles. The van der Waals surface area contributed by atoms with Gasteiger partial charge in [-0.3, -0.25) is 9.79 Å². The molecule has 0 amide bonds. The van der Waals surface area contributed by atoms with E-state index in [4.69, 9.17) is 5.73 Å². The van der Waals surface area contributed by atoms with Gasteiger partial charge in [0.05, 0.1) is 6.04 Å². The average Bonchev–Trinajstić information content (AvgIpc) is 2.55. The highest BCUT2D eigenvalue weighted by Crippen LogP contribution is 2.15. The number of nitrogens with two attached hydrogens (primary N) is 1. The molecule has 128 valence electrons. The lowest BCUT2D eigenvalue weighted by Gasteiger charge is -2.15. The first kappa shape index (κ1) is 18.0. The maximum atomic E-state index is 12.3. The van der Waals surface area contributed by atoms with Crippen molar-refractivity contribution in [2.24, 2.45) is 10.7 Å². The van der Waals surface area contributed by atoms with E-state index in [9.17, 15) is 13.6 Å². The monoisotopic (exact) mass is 333 g/mol. The molecule has 0 spiro atoms. The molecule has 6 heteroatoms. The Hall–Kier alpha value is -2.34. The van der Waals surface area contributed by atoms with Crippen molar-refractivity contribution in [1.29, 1.82) is 0 Å².